The average molecular weight is 198 g/mol. The number of rotatable bonds is 6. The first-order chi connectivity index (χ1) is 6.65. The number of hydrogen-bond acceptors (Lipinski definition) is 2. The Hall–Kier alpha value is -0.830. The van der Waals surface area contributed by atoms with Crippen molar-refractivity contribution in [2.45, 2.75) is 46.1 Å². The van der Waals surface area contributed by atoms with E-state index in [4.69, 9.17) is 5.73 Å². The Morgan fingerprint density at radius 3 is 2.57 bits per heavy atom. The van der Waals surface area contributed by atoms with Crippen LogP contribution in [0.5, 0.6) is 0 Å². The maximum absolute atomic E-state index is 11.5. The number of amides is 1. The van der Waals surface area contributed by atoms with Gasteiger partial charge in [0.05, 0.1) is 0 Å². The van der Waals surface area contributed by atoms with E-state index in [-0.39, 0.29) is 11.9 Å². The third-order valence-electron chi connectivity index (χ3n) is 2.13. The van der Waals surface area contributed by atoms with Gasteiger partial charge >= 0.3 is 0 Å². The molecule has 0 bridgehead atoms. The van der Waals surface area contributed by atoms with Gasteiger partial charge in [-0.3, -0.25) is 4.79 Å². The lowest BCUT2D eigenvalue weighted by molar-refractivity contribution is -0.118. The summed E-state index contributed by atoms with van der Waals surface area (Å²) in [7, 11) is 0. The maximum Gasteiger partial charge on any atom is 0.246 e. The minimum absolute atomic E-state index is 0.00995. The fourth-order valence-corrected chi connectivity index (χ4v) is 1.30. The van der Waals surface area contributed by atoms with Crippen LogP contribution in [-0.4, -0.2) is 18.5 Å². The van der Waals surface area contributed by atoms with E-state index in [0.29, 0.717) is 6.54 Å². The van der Waals surface area contributed by atoms with Crippen LogP contribution >= 0.6 is 0 Å². The van der Waals surface area contributed by atoms with Gasteiger partial charge in [-0.2, -0.15) is 0 Å². The minimum Gasteiger partial charge on any atom is -0.348 e. The molecule has 1 atom stereocenters. The van der Waals surface area contributed by atoms with Gasteiger partial charge in [0.2, 0.25) is 5.91 Å². The lowest BCUT2D eigenvalue weighted by atomic mass is 10.1. The quantitative estimate of drug-likeness (QED) is 0.637. The van der Waals surface area contributed by atoms with Gasteiger partial charge in [-0.1, -0.05) is 26.3 Å². The molecule has 0 fully saturated rings. The van der Waals surface area contributed by atoms with Gasteiger partial charge in [-0.05, 0) is 19.8 Å². The number of nitrogens with two attached hydrogens (primary N) is 1. The molecule has 3 heteroatoms. The smallest absolute Gasteiger partial charge is 0.246 e. The van der Waals surface area contributed by atoms with Crippen molar-refractivity contribution in [2.75, 3.05) is 6.54 Å². The van der Waals surface area contributed by atoms with E-state index in [2.05, 4.69) is 12.2 Å². The highest BCUT2D eigenvalue weighted by Crippen LogP contribution is 1.99. The topological polar surface area (TPSA) is 55.1 Å². The second-order valence-electron chi connectivity index (χ2n) is 3.49. The molecule has 14 heavy (non-hydrogen) atoms. The molecule has 0 spiro atoms. The molecule has 0 saturated carbocycles. The van der Waals surface area contributed by atoms with Crippen LogP contribution in [0.3, 0.4) is 0 Å². The first kappa shape index (κ1) is 13.2. The van der Waals surface area contributed by atoms with E-state index < -0.39 is 0 Å². The SMILES string of the molecule is CCC=C(C)C(=O)NC(CN)CCC. The fraction of sp³-hybridized carbons (Fsp3) is 0.727. The summed E-state index contributed by atoms with van der Waals surface area (Å²) >= 11 is 0. The van der Waals surface area contributed by atoms with Crippen LogP contribution in [0.4, 0.5) is 0 Å². The largest absolute Gasteiger partial charge is 0.348 e. The predicted molar refractivity (Wildman–Crippen MR) is 59.9 cm³/mol. The second-order valence-corrected chi connectivity index (χ2v) is 3.49. The summed E-state index contributed by atoms with van der Waals surface area (Å²) in [6.07, 6.45) is 4.80. The highest BCUT2D eigenvalue weighted by molar-refractivity contribution is 5.92. The van der Waals surface area contributed by atoms with Crippen molar-refractivity contribution in [2.24, 2.45) is 5.73 Å². The molecule has 0 aromatic carbocycles. The molecular weight excluding hydrogens is 176 g/mol. The van der Waals surface area contributed by atoms with Crippen molar-refractivity contribution < 1.29 is 4.79 Å². The van der Waals surface area contributed by atoms with Gasteiger partial charge in [0.1, 0.15) is 0 Å². The number of carbonyl (C=O) groups is 1. The molecular formula is C11H22N2O. The van der Waals surface area contributed by atoms with Crippen molar-refractivity contribution >= 4 is 5.91 Å². The molecule has 1 unspecified atom stereocenters. The first-order valence-corrected chi connectivity index (χ1v) is 5.33. The minimum atomic E-state index is 0.00995. The molecule has 0 saturated heterocycles. The van der Waals surface area contributed by atoms with Crippen LogP contribution in [-0.2, 0) is 4.79 Å². The standard InChI is InChI=1S/C11H22N2O/c1-4-6-9(3)11(14)13-10(8-12)7-5-2/h6,10H,4-5,7-8,12H2,1-3H3,(H,13,14). The summed E-state index contributed by atoms with van der Waals surface area (Å²) in [4.78, 5) is 11.5. The molecule has 82 valence electrons. The summed E-state index contributed by atoms with van der Waals surface area (Å²) in [5, 5.41) is 2.92. The molecule has 0 aliphatic heterocycles. The molecule has 0 rings (SSSR count). The third kappa shape index (κ3) is 5.02. The van der Waals surface area contributed by atoms with Gasteiger partial charge in [0.25, 0.3) is 0 Å². The Morgan fingerprint density at radius 1 is 1.50 bits per heavy atom. The second kappa shape index (κ2) is 7.56. The molecule has 0 aliphatic rings. The van der Waals surface area contributed by atoms with Crippen molar-refractivity contribution in [1.29, 1.82) is 0 Å². The molecule has 3 nitrogen and oxygen atoms in total. The summed E-state index contributed by atoms with van der Waals surface area (Å²) < 4.78 is 0. The Kier molecular flexibility index (Phi) is 7.11. The molecule has 0 aromatic rings. The van der Waals surface area contributed by atoms with Crippen LogP contribution in [0.1, 0.15) is 40.0 Å². The number of carbonyl (C=O) groups excluding carboxylic acids is 1. The zero-order valence-electron chi connectivity index (χ0n) is 9.47. The molecule has 0 aromatic heterocycles. The van der Waals surface area contributed by atoms with Gasteiger partial charge < -0.3 is 11.1 Å². The molecule has 0 aliphatic carbocycles. The molecule has 1 amide bonds. The average Bonchev–Trinajstić information content (AvgIpc) is 2.17. The number of allylic oxidation sites excluding steroid dienone is 1. The maximum atomic E-state index is 11.5. The highest BCUT2D eigenvalue weighted by Gasteiger charge is 2.10. The van der Waals surface area contributed by atoms with E-state index in [0.717, 1.165) is 24.8 Å². The zero-order chi connectivity index (χ0) is 11.0. The van der Waals surface area contributed by atoms with Crippen molar-refractivity contribution in [1.82, 2.24) is 5.32 Å². The van der Waals surface area contributed by atoms with E-state index in [1.54, 1.807) is 0 Å². The summed E-state index contributed by atoms with van der Waals surface area (Å²) in [6, 6.07) is 0.118. The van der Waals surface area contributed by atoms with E-state index in [1.807, 2.05) is 19.9 Å². The third-order valence-corrected chi connectivity index (χ3v) is 2.13. The Labute approximate surface area is 86.8 Å². The predicted octanol–water partition coefficient (Wildman–Crippen LogP) is 1.59. The van der Waals surface area contributed by atoms with Gasteiger partial charge in [-0.25, -0.2) is 0 Å². The van der Waals surface area contributed by atoms with Crippen molar-refractivity contribution in [3.05, 3.63) is 11.6 Å². The van der Waals surface area contributed by atoms with Crippen LogP contribution in [0, 0.1) is 0 Å². The lowest BCUT2D eigenvalue weighted by Crippen LogP contribution is -2.40. The number of hydrogen-bond donors (Lipinski definition) is 2. The zero-order valence-corrected chi connectivity index (χ0v) is 9.47. The van der Waals surface area contributed by atoms with E-state index in [9.17, 15) is 4.79 Å². The summed E-state index contributed by atoms with van der Waals surface area (Å²) in [6.45, 7) is 6.45. The summed E-state index contributed by atoms with van der Waals surface area (Å²) in [5.41, 5.74) is 6.33. The van der Waals surface area contributed by atoms with Gasteiger partial charge in [0, 0.05) is 18.2 Å². The Morgan fingerprint density at radius 2 is 2.14 bits per heavy atom. The lowest BCUT2D eigenvalue weighted by Gasteiger charge is -2.15. The Bertz CT molecular complexity index is 199. The Balaban J connectivity index is 4.08. The van der Waals surface area contributed by atoms with E-state index >= 15 is 0 Å². The van der Waals surface area contributed by atoms with Gasteiger partial charge in [-0.15, -0.1) is 0 Å². The highest BCUT2D eigenvalue weighted by atomic mass is 16.1. The van der Waals surface area contributed by atoms with Crippen LogP contribution in [0.25, 0.3) is 0 Å². The van der Waals surface area contributed by atoms with Crippen LogP contribution < -0.4 is 11.1 Å². The molecule has 0 radical (unpaired) electrons. The monoisotopic (exact) mass is 198 g/mol. The number of nitrogens with one attached hydrogen (secondary N) is 1. The molecule has 3 N–H and O–H groups in total. The first-order valence-electron chi connectivity index (χ1n) is 5.33. The van der Waals surface area contributed by atoms with Crippen LogP contribution in [0.15, 0.2) is 11.6 Å². The van der Waals surface area contributed by atoms with Crippen molar-refractivity contribution in [3.63, 3.8) is 0 Å². The van der Waals surface area contributed by atoms with E-state index in [1.165, 1.54) is 0 Å². The van der Waals surface area contributed by atoms with Crippen molar-refractivity contribution in [3.8, 4) is 0 Å². The van der Waals surface area contributed by atoms with Crippen LogP contribution in [0.2, 0.25) is 0 Å². The fourth-order valence-electron chi connectivity index (χ4n) is 1.30. The van der Waals surface area contributed by atoms with Gasteiger partial charge in [0.15, 0.2) is 0 Å². The molecule has 0 heterocycles. The summed E-state index contributed by atoms with van der Waals surface area (Å²) in [5.74, 6) is 0.00995. The normalized spacial score (nSPS) is 13.9.